The molecule has 18 heteroatoms. The first-order valence-electron chi connectivity index (χ1n) is 13.1. The number of benzene rings is 1. The van der Waals surface area contributed by atoms with Gasteiger partial charge in [-0.05, 0) is 55.4 Å². The van der Waals surface area contributed by atoms with Crippen LogP contribution in [0.2, 0.25) is 5.02 Å². The molecule has 1 amide bonds. The van der Waals surface area contributed by atoms with Crippen molar-refractivity contribution in [3.8, 4) is 5.75 Å². The zero-order valence-corrected chi connectivity index (χ0v) is 24.2. The van der Waals surface area contributed by atoms with Crippen molar-refractivity contribution in [3.05, 3.63) is 51.9 Å². The number of alkyl halides is 6. The summed E-state index contributed by atoms with van der Waals surface area (Å²) in [4.78, 5) is 34.1. The van der Waals surface area contributed by atoms with E-state index in [0.29, 0.717) is 24.6 Å². The molecular formula is C26H23ClF7N3O6S. The van der Waals surface area contributed by atoms with Crippen LogP contribution in [-0.4, -0.2) is 60.9 Å². The van der Waals surface area contributed by atoms with Gasteiger partial charge in [-0.2, -0.15) is 26.3 Å². The Balaban J connectivity index is 1.36. The second-order valence-corrected chi connectivity index (χ2v) is 13.7. The highest BCUT2D eigenvalue weighted by Crippen LogP contribution is 2.44. The van der Waals surface area contributed by atoms with Gasteiger partial charge in [0.1, 0.15) is 5.82 Å². The van der Waals surface area contributed by atoms with Crippen LogP contribution in [-0.2, 0) is 25.8 Å². The van der Waals surface area contributed by atoms with Gasteiger partial charge in [0.25, 0.3) is 10.0 Å². The summed E-state index contributed by atoms with van der Waals surface area (Å²) >= 11 is 5.77. The number of hydroxylamine groups is 1. The third kappa shape index (κ3) is 6.53. The lowest BCUT2D eigenvalue weighted by molar-refractivity contribution is -0.217. The molecule has 1 aliphatic heterocycles. The molecular weight excluding hydrogens is 651 g/mol. The molecule has 2 aromatic rings. The van der Waals surface area contributed by atoms with Gasteiger partial charge in [0, 0.05) is 24.7 Å². The first-order chi connectivity index (χ1) is 20.3. The van der Waals surface area contributed by atoms with Crippen molar-refractivity contribution < 1.29 is 58.3 Å². The van der Waals surface area contributed by atoms with Crippen LogP contribution in [0.4, 0.5) is 36.6 Å². The number of sulfonamides is 1. The van der Waals surface area contributed by atoms with Crippen molar-refractivity contribution in [2.24, 2.45) is 5.41 Å². The van der Waals surface area contributed by atoms with Crippen LogP contribution in [0.1, 0.15) is 60.0 Å². The molecule has 3 fully saturated rings. The Labute approximate surface area is 250 Å². The minimum atomic E-state index is -5.65. The highest BCUT2D eigenvalue weighted by atomic mass is 35.5. The summed E-state index contributed by atoms with van der Waals surface area (Å²) in [5.74, 6) is -6.66. The lowest BCUT2D eigenvalue weighted by Crippen LogP contribution is -2.58. The molecule has 2 saturated carbocycles. The van der Waals surface area contributed by atoms with E-state index in [-0.39, 0.29) is 44.3 Å². The van der Waals surface area contributed by atoms with E-state index >= 15 is 4.39 Å². The number of amides is 1. The van der Waals surface area contributed by atoms with Crippen molar-refractivity contribution in [3.63, 3.8) is 0 Å². The third-order valence-electron chi connectivity index (χ3n) is 7.27. The molecule has 0 bridgehead atoms. The molecule has 0 N–H and O–H groups in total. The predicted octanol–water partition coefficient (Wildman–Crippen LogP) is 5.63. The standard InChI is InChI=1S/C26H23ClF7N3O6S/c1-24(10-36(11-24)20-8-18(27)17(9-35-20)25(29,30)31)12-42-19-7-14(13-2-3-13)6-16(21(19)28)22(38)37(43-23(39)26(32,33)34)44(40,41)15-4-5-15/h6-9,13,15H,2-5,10-12H2,1H3. The smallest absolute Gasteiger partial charge is 0.490 e. The van der Waals surface area contributed by atoms with Crippen molar-refractivity contribution >= 4 is 39.3 Å². The highest BCUT2D eigenvalue weighted by molar-refractivity contribution is 7.90. The average Bonchev–Trinajstić information content (AvgIpc) is 3.80. The molecule has 9 nitrogen and oxygen atoms in total. The van der Waals surface area contributed by atoms with Gasteiger partial charge in [-0.15, -0.1) is 0 Å². The second-order valence-electron chi connectivity index (χ2n) is 11.3. The summed E-state index contributed by atoms with van der Waals surface area (Å²) in [6.07, 6.45) is -8.44. The van der Waals surface area contributed by atoms with Crippen LogP contribution in [0.3, 0.4) is 0 Å². The SMILES string of the molecule is CC1(COc2cc(C3CC3)cc(C(=O)N(OC(=O)C(F)(F)F)S(=O)(=O)C3CC3)c2F)CN(c2cc(Cl)c(C(F)(F)F)cn2)C1. The van der Waals surface area contributed by atoms with E-state index in [9.17, 15) is 44.3 Å². The van der Waals surface area contributed by atoms with Crippen LogP contribution in [0.25, 0.3) is 0 Å². The van der Waals surface area contributed by atoms with Crippen LogP contribution in [0.15, 0.2) is 24.4 Å². The first-order valence-corrected chi connectivity index (χ1v) is 15.0. The van der Waals surface area contributed by atoms with E-state index in [2.05, 4.69) is 9.82 Å². The van der Waals surface area contributed by atoms with Gasteiger partial charge in [-0.3, -0.25) is 4.79 Å². The molecule has 0 atom stereocenters. The molecule has 0 radical (unpaired) electrons. The molecule has 0 spiro atoms. The summed E-state index contributed by atoms with van der Waals surface area (Å²) in [6.45, 7) is 1.96. The summed E-state index contributed by atoms with van der Waals surface area (Å²) in [7, 11) is -4.90. The number of rotatable bonds is 8. The molecule has 5 rings (SSSR count). The van der Waals surface area contributed by atoms with Gasteiger partial charge in [-0.1, -0.05) is 23.0 Å². The van der Waals surface area contributed by atoms with E-state index in [1.807, 2.05) is 0 Å². The van der Waals surface area contributed by atoms with Crippen molar-refractivity contribution in [2.75, 3.05) is 24.6 Å². The number of anilines is 1. The van der Waals surface area contributed by atoms with E-state index in [1.54, 1.807) is 11.8 Å². The summed E-state index contributed by atoms with van der Waals surface area (Å²) < 4.78 is 124. The molecule has 3 aliphatic rings. The van der Waals surface area contributed by atoms with Gasteiger partial charge in [-0.25, -0.2) is 22.6 Å². The lowest BCUT2D eigenvalue weighted by atomic mass is 9.83. The van der Waals surface area contributed by atoms with Gasteiger partial charge in [0.05, 0.1) is 28.0 Å². The van der Waals surface area contributed by atoms with E-state index in [1.165, 1.54) is 6.07 Å². The zero-order chi connectivity index (χ0) is 32.4. The number of nitrogens with zero attached hydrogens (tertiary/aromatic N) is 3. The van der Waals surface area contributed by atoms with Crippen LogP contribution in [0.5, 0.6) is 5.75 Å². The highest BCUT2D eigenvalue weighted by Gasteiger charge is 2.50. The molecule has 240 valence electrons. The molecule has 0 unspecified atom stereocenters. The van der Waals surface area contributed by atoms with Crippen LogP contribution >= 0.6 is 11.6 Å². The second kappa shape index (κ2) is 10.9. The molecule has 1 aromatic carbocycles. The molecule has 1 saturated heterocycles. The lowest BCUT2D eigenvalue weighted by Gasteiger charge is -2.48. The summed E-state index contributed by atoms with van der Waals surface area (Å²) in [5, 5.41) is -1.82. The minimum Gasteiger partial charge on any atom is -0.490 e. The van der Waals surface area contributed by atoms with E-state index in [4.69, 9.17) is 16.3 Å². The van der Waals surface area contributed by atoms with Gasteiger partial charge < -0.3 is 14.5 Å². The fourth-order valence-electron chi connectivity index (χ4n) is 4.65. The number of pyridine rings is 1. The van der Waals surface area contributed by atoms with Crippen LogP contribution < -0.4 is 9.64 Å². The maximum absolute atomic E-state index is 15.7. The predicted molar refractivity (Wildman–Crippen MR) is 139 cm³/mol. The van der Waals surface area contributed by atoms with Gasteiger partial charge in [0.2, 0.25) is 0 Å². The number of carbonyl (C=O) groups is 2. The Hall–Kier alpha value is -3.34. The van der Waals surface area contributed by atoms with Crippen LogP contribution in [0, 0.1) is 11.2 Å². The summed E-state index contributed by atoms with van der Waals surface area (Å²) in [5.41, 5.74) is -2.39. The normalized spacial score (nSPS) is 18.4. The number of aromatic nitrogens is 1. The fourth-order valence-corrected chi connectivity index (χ4v) is 6.41. The summed E-state index contributed by atoms with van der Waals surface area (Å²) in [6, 6.07) is 3.35. The Kier molecular flexibility index (Phi) is 7.96. The molecule has 44 heavy (non-hydrogen) atoms. The molecule has 1 aromatic heterocycles. The van der Waals surface area contributed by atoms with Crippen molar-refractivity contribution in [1.82, 2.24) is 9.45 Å². The van der Waals surface area contributed by atoms with Crippen molar-refractivity contribution in [1.29, 1.82) is 0 Å². The Morgan fingerprint density at radius 2 is 1.73 bits per heavy atom. The topological polar surface area (TPSA) is 106 Å². The molecule has 2 aliphatic carbocycles. The zero-order valence-electron chi connectivity index (χ0n) is 22.6. The van der Waals surface area contributed by atoms with E-state index in [0.717, 1.165) is 12.1 Å². The van der Waals surface area contributed by atoms with Gasteiger partial charge >= 0.3 is 24.2 Å². The van der Waals surface area contributed by atoms with E-state index < -0.39 is 77.1 Å². The Morgan fingerprint density at radius 3 is 2.25 bits per heavy atom. The Morgan fingerprint density at radius 1 is 1.09 bits per heavy atom. The number of hydrogen-bond acceptors (Lipinski definition) is 8. The first kappa shape index (κ1) is 32.1. The fraction of sp³-hybridized carbons (Fsp3) is 0.500. The maximum Gasteiger partial charge on any atom is 0.493 e. The largest absolute Gasteiger partial charge is 0.493 e. The quantitative estimate of drug-likeness (QED) is 0.262. The monoisotopic (exact) mass is 673 g/mol. The average molecular weight is 674 g/mol. The van der Waals surface area contributed by atoms with Crippen molar-refractivity contribution in [2.45, 2.75) is 56.1 Å². The number of carbonyl (C=O) groups excluding carboxylic acids is 2. The Bertz CT molecular complexity index is 1600. The third-order valence-corrected chi connectivity index (χ3v) is 9.60. The maximum atomic E-state index is 15.7. The number of hydrogen-bond donors (Lipinski definition) is 0. The minimum absolute atomic E-state index is 0.00155. The number of halogens is 8. The number of ether oxygens (including phenoxy) is 1. The molecule has 2 heterocycles. The van der Waals surface area contributed by atoms with Gasteiger partial charge in [0.15, 0.2) is 11.6 Å².